The summed E-state index contributed by atoms with van der Waals surface area (Å²) in [5, 5.41) is 3.68. The van der Waals surface area contributed by atoms with E-state index in [0.717, 1.165) is 26.2 Å². The molecule has 0 bridgehead atoms. The van der Waals surface area contributed by atoms with Crippen molar-refractivity contribution >= 4 is 0 Å². The van der Waals surface area contributed by atoms with E-state index < -0.39 is 0 Å². The van der Waals surface area contributed by atoms with Crippen LogP contribution in [0.5, 0.6) is 0 Å². The van der Waals surface area contributed by atoms with E-state index in [-0.39, 0.29) is 0 Å². The second-order valence-corrected chi connectivity index (χ2v) is 4.84. The van der Waals surface area contributed by atoms with Crippen molar-refractivity contribution in [3.05, 3.63) is 0 Å². The number of rotatable bonds is 5. The van der Waals surface area contributed by atoms with Crippen LogP contribution in [0, 0.1) is 5.92 Å². The van der Waals surface area contributed by atoms with E-state index in [9.17, 15) is 0 Å². The molecule has 0 amide bonds. The van der Waals surface area contributed by atoms with Crippen LogP contribution in [0.2, 0.25) is 0 Å². The zero-order chi connectivity index (χ0) is 10.6. The fraction of sp³-hybridized carbons (Fsp3) is 1.00. The molecule has 0 aromatic carbocycles. The molecule has 1 rings (SSSR count). The summed E-state index contributed by atoms with van der Waals surface area (Å²) in [5.41, 5.74) is 0. The van der Waals surface area contributed by atoms with Gasteiger partial charge in [-0.1, -0.05) is 13.8 Å². The Morgan fingerprint density at radius 2 is 2.14 bits per heavy atom. The van der Waals surface area contributed by atoms with Gasteiger partial charge < -0.3 is 15.0 Å². The first-order chi connectivity index (χ1) is 6.59. The van der Waals surface area contributed by atoms with Crippen LogP contribution in [-0.4, -0.2) is 50.8 Å². The number of nitrogens with one attached hydrogen (secondary N) is 1. The van der Waals surface area contributed by atoms with Gasteiger partial charge >= 0.3 is 0 Å². The zero-order valence-corrected chi connectivity index (χ0v) is 9.92. The minimum absolute atomic E-state index is 0.572. The number of hydrogen-bond donors (Lipinski definition) is 1. The summed E-state index contributed by atoms with van der Waals surface area (Å²) >= 11 is 0. The third kappa shape index (κ3) is 3.95. The SMILES string of the molecule is CC(C)C(CN(C)C)NC1CCOC1. The van der Waals surface area contributed by atoms with E-state index in [1.807, 2.05) is 0 Å². The fourth-order valence-corrected chi connectivity index (χ4v) is 1.82. The van der Waals surface area contributed by atoms with Crippen LogP contribution in [0.4, 0.5) is 0 Å². The van der Waals surface area contributed by atoms with Gasteiger partial charge in [0.2, 0.25) is 0 Å². The molecule has 0 aliphatic carbocycles. The second kappa shape index (κ2) is 5.69. The average molecular weight is 200 g/mol. The van der Waals surface area contributed by atoms with Crippen molar-refractivity contribution in [3.8, 4) is 0 Å². The van der Waals surface area contributed by atoms with Crippen LogP contribution < -0.4 is 5.32 Å². The average Bonchev–Trinajstić information content (AvgIpc) is 2.54. The first kappa shape index (κ1) is 12.0. The maximum absolute atomic E-state index is 5.37. The van der Waals surface area contributed by atoms with Crippen LogP contribution in [0.15, 0.2) is 0 Å². The molecule has 0 aromatic rings. The first-order valence-corrected chi connectivity index (χ1v) is 5.58. The molecule has 1 heterocycles. The van der Waals surface area contributed by atoms with E-state index in [0.29, 0.717) is 18.0 Å². The standard InChI is InChI=1S/C11H24N2O/c1-9(2)11(7-13(3)4)12-10-5-6-14-8-10/h9-12H,5-8H2,1-4H3. The predicted octanol–water partition coefficient (Wildman–Crippen LogP) is 0.951. The largest absolute Gasteiger partial charge is 0.380 e. The normalized spacial score (nSPS) is 24.9. The van der Waals surface area contributed by atoms with Crippen molar-refractivity contribution < 1.29 is 4.74 Å². The summed E-state index contributed by atoms with van der Waals surface area (Å²) in [4.78, 5) is 2.24. The number of likely N-dealkylation sites (N-methyl/N-ethyl adjacent to an activating group) is 1. The molecule has 0 aromatic heterocycles. The molecule has 1 aliphatic rings. The smallest absolute Gasteiger partial charge is 0.0620 e. The molecular formula is C11H24N2O. The van der Waals surface area contributed by atoms with E-state index in [2.05, 4.69) is 38.2 Å². The number of nitrogens with zero attached hydrogens (tertiary/aromatic N) is 1. The third-order valence-electron chi connectivity index (χ3n) is 2.75. The van der Waals surface area contributed by atoms with Gasteiger partial charge in [0.25, 0.3) is 0 Å². The van der Waals surface area contributed by atoms with Crippen molar-refractivity contribution in [1.29, 1.82) is 0 Å². The van der Waals surface area contributed by atoms with Crippen LogP contribution in [0.3, 0.4) is 0 Å². The Bertz CT molecular complexity index is 153. The molecule has 1 aliphatic heterocycles. The summed E-state index contributed by atoms with van der Waals surface area (Å²) in [6.45, 7) is 7.46. The molecule has 0 saturated carbocycles. The Labute approximate surface area is 87.8 Å². The maximum Gasteiger partial charge on any atom is 0.0620 e. The van der Waals surface area contributed by atoms with Gasteiger partial charge in [0.05, 0.1) is 6.61 Å². The molecule has 0 spiro atoms. The molecular weight excluding hydrogens is 176 g/mol. The van der Waals surface area contributed by atoms with Gasteiger partial charge in [0.15, 0.2) is 0 Å². The number of ether oxygens (including phenoxy) is 1. The Morgan fingerprint density at radius 1 is 1.43 bits per heavy atom. The van der Waals surface area contributed by atoms with Crippen molar-refractivity contribution in [3.63, 3.8) is 0 Å². The van der Waals surface area contributed by atoms with Gasteiger partial charge in [-0.3, -0.25) is 0 Å². The maximum atomic E-state index is 5.37. The molecule has 84 valence electrons. The highest BCUT2D eigenvalue weighted by Crippen LogP contribution is 2.09. The van der Waals surface area contributed by atoms with Crippen LogP contribution in [-0.2, 0) is 4.74 Å². The van der Waals surface area contributed by atoms with Gasteiger partial charge in [0, 0.05) is 25.2 Å². The highest BCUT2D eigenvalue weighted by molar-refractivity contribution is 4.80. The van der Waals surface area contributed by atoms with Crippen molar-refractivity contribution in [2.45, 2.75) is 32.4 Å². The lowest BCUT2D eigenvalue weighted by molar-refractivity contribution is 0.182. The molecule has 2 unspecified atom stereocenters. The summed E-state index contributed by atoms with van der Waals surface area (Å²) in [7, 11) is 4.25. The molecule has 1 fully saturated rings. The summed E-state index contributed by atoms with van der Waals surface area (Å²) in [6, 6.07) is 1.15. The summed E-state index contributed by atoms with van der Waals surface area (Å²) < 4.78 is 5.37. The van der Waals surface area contributed by atoms with Crippen LogP contribution >= 0.6 is 0 Å². The van der Waals surface area contributed by atoms with Crippen LogP contribution in [0.1, 0.15) is 20.3 Å². The highest BCUT2D eigenvalue weighted by Gasteiger charge is 2.21. The lowest BCUT2D eigenvalue weighted by Gasteiger charge is -2.28. The third-order valence-corrected chi connectivity index (χ3v) is 2.75. The van der Waals surface area contributed by atoms with Crippen molar-refractivity contribution in [1.82, 2.24) is 10.2 Å². The van der Waals surface area contributed by atoms with Crippen molar-refractivity contribution in [2.75, 3.05) is 33.9 Å². The van der Waals surface area contributed by atoms with E-state index in [1.165, 1.54) is 0 Å². The Morgan fingerprint density at radius 3 is 2.57 bits per heavy atom. The molecule has 1 saturated heterocycles. The number of hydrogen-bond acceptors (Lipinski definition) is 3. The summed E-state index contributed by atoms with van der Waals surface area (Å²) in [5.74, 6) is 0.679. The lowest BCUT2D eigenvalue weighted by atomic mass is 10.0. The van der Waals surface area contributed by atoms with E-state index in [1.54, 1.807) is 0 Å². The van der Waals surface area contributed by atoms with Gasteiger partial charge in [0.1, 0.15) is 0 Å². The van der Waals surface area contributed by atoms with E-state index in [4.69, 9.17) is 4.74 Å². The minimum Gasteiger partial charge on any atom is -0.380 e. The van der Waals surface area contributed by atoms with E-state index >= 15 is 0 Å². The monoisotopic (exact) mass is 200 g/mol. The molecule has 2 atom stereocenters. The molecule has 3 heteroatoms. The Hall–Kier alpha value is -0.120. The second-order valence-electron chi connectivity index (χ2n) is 4.84. The minimum atomic E-state index is 0.572. The quantitative estimate of drug-likeness (QED) is 0.715. The molecule has 1 N–H and O–H groups in total. The van der Waals surface area contributed by atoms with Gasteiger partial charge in [-0.2, -0.15) is 0 Å². The van der Waals surface area contributed by atoms with Crippen molar-refractivity contribution in [2.24, 2.45) is 5.92 Å². The predicted molar refractivity (Wildman–Crippen MR) is 59.5 cm³/mol. The van der Waals surface area contributed by atoms with Crippen LogP contribution in [0.25, 0.3) is 0 Å². The molecule has 3 nitrogen and oxygen atoms in total. The zero-order valence-electron chi connectivity index (χ0n) is 9.92. The Kier molecular flexibility index (Phi) is 4.85. The fourth-order valence-electron chi connectivity index (χ4n) is 1.82. The highest BCUT2D eigenvalue weighted by atomic mass is 16.5. The molecule has 0 radical (unpaired) electrons. The van der Waals surface area contributed by atoms with Gasteiger partial charge in [-0.15, -0.1) is 0 Å². The Balaban J connectivity index is 2.33. The van der Waals surface area contributed by atoms with Gasteiger partial charge in [-0.05, 0) is 26.4 Å². The lowest BCUT2D eigenvalue weighted by Crippen LogP contribution is -2.47. The first-order valence-electron chi connectivity index (χ1n) is 5.58. The topological polar surface area (TPSA) is 24.5 Å². The summed E-state index contributed by atoms with van der Waals surface area (Å²) in [6.07, 6.45) is 1.16. The van der Waals surface area contributed by atoms with Gasteiger partial charge in [-0.25, -0.2) is 0 Å². The molecule has 14 heavy (non-hydrogen) atoms.